The van der Waals surface area contributed by atoms with Crippen LogP contribution in [0, 0.1) is 0 Å². The van der Waals surface area contributed by atoms with Crippen molar-refractivity contribution in [2.24, 2.45) is 0 Å². The van der Waals surface area contributed by atoms with E-state index in [4.69, 9.17) is 18.9 Å². The quantitative estimate of drug-likeness (QED) is 0.349. The standard InChI is InChI=1S/C26H22O8/c27-23-9-17(31-11-19-13-33-19)4-6-21(23)25(29)15-2-1-3-16(8-15)26(30)22-7-5-18(10-24(22)28)32-12-20-14-34-20/h1-10,19-20,27-28H,11-14H2. The van der Waals surface area contributed by atoms with Crippen LogP contribution in [0.2, 0.25) is 0 Å². The maximum absolute atomic E-state index is 13.0. The second-order valence-electron chi connectivity index (χ2n) is 8.13. The lowest BCUT2D eigenvalue weighted by molar-refractivity contribution is 0.103. The van der Waals surface area contributed by atoms with Crippen LogP contribution in [-0.4, -0.2) is 60.4 Å². The molecule has 0 bridgehead atoms. The minimum atomic E-state index is -0.445. The summed E-state index contributed by atoms with van der Waals surface area (Å²) in [4.78, 5) is 26.0. The van der Waals surface area contributed by atoms with Crippen LogP contribution in [0.25, 0.3) is 0 Å². The molecule has 5 rings (SSSR count). The summed E-state index contributed by atoms with van der Waals surface area (Å²) in [6.45, 7) is 2.07. The average Bonchev–Trinajstić information content (AvgIpc) is 3.76. The summed E-state index contributed by atoms with van der Waals surface area (Å²) in [5.41, 5.74) is 0.627. The lowest BCUT2D eigenvalue weighted by Crippen LogP contribution is -2.08. The molecule has 2 heterocycles. The Kier molecular flexibility index (Phi) is 5.91. The van der Waals surface area contributed by atoms with Gasteiger partial charge in [0.05, 0.1) is 24.3 Å². The summed E-state index contributed by atoms with van der Waals surface area (Å²) < 4.78 is 21.2. The van der Waals surface area contributed by atoms with Crippen LogP contribution >= 0.6 is 0 Å². The van der Waals surface area contributed by atoms with Gasteiger partial charge in [-0.1, -0.05) is 18.2 Å². The van der Waals surface area contributed by atoms with E-state index in [0.717, 1.165) is 0 Å². The van der Waals surface area contributed by atoms with Crippen molar-refractivity contribution in [2.45, 2.75) is 12.2 Å². The van der Waals surface area contributed by atoms with Crippen LogP contribution in [-0.2, 0) is 9.47 Å². The Morgan fingerprint density at radius 1 is 0.735 bits per heavy atom. The topological polar surface area (TPSA) is 118 Å². The van der Waals surface area contributed by atoms with E-state index >= 15 is 0 Å². The van der Waals surface area contributed by atoms with E-state index in [1.165, 1.54) is 30.3 Å². The maximum Gasteiger partial charge on any atom is 0.196 e. The first-order chi connectivity index (χ1) is 16.5. The molecule has 3 aromatic carbocycles. The molecular weight excluding hydrogens is 440 g/mol. The van der Waals surface area contributed by atoms with Gasteiger partial charge in [-0.25, -0.2) is 0 Å². The molecule has 2 aliphatic heterocycles. The highest BCUT2D eigenvalue weighted by Gasteiger charge is 2.24. The summed E-state index contributed by atoms with van der Waals surface area (Å²) in [6.07, 6.45) is 0.147. The van der Waals surface area contributed by atoms with E-state index in [2.05, 4.69) is 0 Å². The zero-order valence-electron chi connectivity index (χ0n) is 18.1. The van der Waals surface area contributed by atoms with Crippen molar-refractivity contribution in [3.63, 3.8) is 0 Å². The molecule has 2 saturated heterocycles. The van der Waals surface area contributed by atoms with Crippen molar-refractivity contribution in [1.82, 2.24) is 0 Å². The number of ether oxygens (including phenoxy) is 4. The predicted octanol–water partition coefficient (Wildman–Crippen LogP) is 3.12. The van der Waals surface area contributed by atoms with Gasteiger partial charge in [-0.3, -0.25) is 9.59 Å². The zero-order chi connectivity index (χ0) is 23.7. The highest BCUT2D eigenvalue weighted by molar-refractivity contribution is 6.14. The van der Waals surface area contributed by atoms with Crippen LogP contribution < -0.4 is 9.47 Å². The molecular formula is C26H22O8. The van der Waals surface area contributed by atoms with Crippen molar-refractivity contribution in [2.75, 3.05) is 26.4 Å². The number of phenols is 2. The van der Waals surface area contributed by atoms with E-state index in [1.54, 1.807) is 30.3 Å². The van der Waals surface area contributed by atoms with E-state index in [0.29, 0.717) is 37.9 Å². The normalized spacial score (nSPS) is 18.2. The summed E-state index contributed by atoms with van der Waals surface area (Å²) in [7, 11) is 0. The third-order valence-electron chi connectivity index (χ3n) is 5.49. The van der Waals surface area contributed by atoms with E-state index in [1.807, 2.05) is 0 Å². The van der Waals surface area contributed by atoms with Gasteiger partial charge < -0.3 is 29.2 Å². The first kappa shape index (κ1) is 21.9. The van der Waals surface area contributed by atoms with Crippen LogP contribution in [0.4, 0.5) is 0 Å². The van der Waals surface area contributed by atoms with Crippen molar-refractivity contribution in [3.05, 3.63) is 82.9 Å². The summed E-state index contributed by atoms with van der Waals surface area (Å²) in [5.74, 6) is -0.470. The van der Waals surface area contributed by atoms with Gasteiger partial charge >= 0.3 is 0 Å². The van der Waals surface area contributed by atoms with Gasteiger partial charge in [-0.2, -0.15) is 0 Å². The largest absolute Gasteiger partial charge is 0.507 e. The van der Waals surface area contributed by atoms with Crippen molar-refractivity contribution in [3.8, 4) is 23.0 Å². The van der Waals surface area contributed by atoms with Gasteiger partial charge in [-0.05, 0) is 30.3 Å². The van der Waals surface area contributed by atoms with Crippen molar-refractivity contribution in [1.29, 1.82) is 0 Å². The third-order valence-corrected chi connectivity index (χ3v) is 5.49. The molecule has 0 spiro atoms. The Labute approximate surface area is 195 Å². The highest BCUT2D eigenvalue weighted by Crippen LogP contribution is 2.29. The smallest absolute Gasteiger partial charge is 0.196 e. The molecule has 8 heteroatoms. The molecule has 0 amide bonds. The number of hydrogen-bond acceptors (Lipinski definition) is 8. The molecule has 0 aliphatic carbocycles. The number of rotatable bonds is 10. The predicted molar refractivity (Wildman–Crippen MR) is 120 cm³/mol. The molecule has 2 aliphatic rings. The minimum absolute atomic E-state index is 0.0734. The minimum Gasteiger partial charge on any atom is -0.507 e. The van der Waals surface area contributed by atoms with Crippen molar-refractivity contribution < 1.29 is 38.7 Å². The first-order valence-electron chi connectivity index (χ1n) is 10.8. The summed E-state index contributed by atoms with van der Waals surface area (Å²) in [5, 5.41) is 20.7. The number of aromatic hydroxyl groups is 2. The fourth-order valence-corrected chi connectivity index (χ4v) is 3.41. The van der Waals surface area contributed by atoms with Gasteiger partial charge in [0.25, 0.3) is 0 Å². The van der Waals surface area contributed by atoms with Crippen molar-refractivity contribution >= 4 is 11.6 Å². The average molecular weight is 462 g/mol. The second-order valence-corrected chi connectivity index (χ2v) is 8.13. The Bertz CT molecular complexity index is 1150. The Morgan fingerprint density at radius 2 is 1.18 bits per heavy atom. The first-order valence-corrected chi connectivity index (χ1v) is 10.8. The number of phenolic OH excluding ortho intramolecular Hbond substituents is 2. The molecule has 8 nitrogen and oxygen atoms in total. The van der Waals surface area contributed by atoms with Gasteiger partial charge in [0.1, 0.15) is 48.4 Å². The second kappa shape index (κ2) is 9.17. The molecule has 2 fully saturated rings. The lowest BCUT2D eigenvalue weighted by atomic mass is 9.96. The zero-order valence-corrected chi connectivity index (χ0v) is 18.1. The number of carbonyl (C=O) groups excluding carboxylic acids is 2. The van der Waals surface area contributed by atoms with Gasteiger partial charge in [0.15, 0.2) is 11.6 Å². The van der Waals surface area contributed by atoms with Crippen LogP contribution in [0.1, 0.15) is 31.8 Å². The number of carbonyl (C=O) groups is 2. The molecule has 0 aromatic heterocycles. The maximum atomic E-state index is 13.0. The monoisotopic (exact) mass is 462 g/mol. The molecule has 0 saturated carbocycles. The fraction of sp³-hybridized carbons (Fsp3) is 0.231. The van der Waals surface area contributed by atoms with Crippen LogP contribution in [0.3, 0.4) is 0 Å². The van der Waals surface area contributed by atoms with Gasteiger partial charge in [0.2, 0.25) is 0 Å². The summed E-state index contributed by atoms with van der Waals surface area (Å²) >= 11 is 0. The fourth-order valence-electron chi connectivity index (χ4n) is 3.41. The van der Waals surface area contributed by atoms with E-state index in [9.17, 15) is 19.8 Å². The Morgan fingerprint density at radius 3 is 1.56 bits per heavy atom. The number of ketones is 2. The highest BCUT2D eigenvalue weighted by atomic mass is 16.6. The van der Waals surface area contributed by atoms with E-state index in [-0.39, 0.29) is 46.0 Å². The number of epoxide rings is 2. The molecule has 2 unspecified atom stereocenters. The molecule has 2 atom stereocenters. The third kappa shape index (κ3) is 5.03. The van der Waals surface area contributed by atoms with Gasteiger partial charge in [-0.15, -0.1) is 0 Å². The molecule has 34 heavy (non-hydrogen) atoms. The lowest BCUT2D eigenvalue weighted by Gasteiger charge is -2.10. The Hall–Kier alpha value is -3.88. The number of benzene rings is 3. The Balaban J connectivity index is 1.31. The molecule has 0 radical (unpaired) electrons. The molecule has 174 valence electrons. The molecule has 3 aromatic rings. The van der Waals surface area contributed by atoms with E-state index < -0.39 is 11.6 Å². The SMILES string of the molecule is O=C(c1cccc(C(=O)c2ccc(OCC3CO3)cc2O)c1)c1ccc(OCC2CO2)cc1O. The van der Waals surface area contributed by atoms with Crippen LogP contribution in [0.15, 0.2) is 60.7 Å². The van der Waals surface area contributed by atoms with Crippen LogP contribution in [0.5, 0.6) is 23.0 Å². The van der Waals surface area contributed by atoms with Gasteiger partial charge in [0, 0.05) is 23.3 Å². The number of hydrogen-bond donors (Lipinski definition) is 2. The molecule has 2 N–H and O–H groups in total. The summed E-state index contributed by atoms with van der Waals surface area (Å²) in [6, 6.07) is 15.0.